The molecule has 0 amide bonds. The molecule has 0 aliphatic heterocycles. The fourth-order valence-electron chi connectivity index (χ4n) is 7.41. The van der Waals surface area contributed by atoms with E-state index in [0.717, 1.165) is 44.4 Å². The summed E-state index contributed by atoms with van der Waals surface area (Å²) in [7, 11) is 0. The second-order valence-corrected chi connectivity index (χ2v) is 13.6. The number of benzene rings is 7. The monoisotopic (exact) mass is 620 g/mol. The molecule has 2 heterocycles. The Balaban J connectivity index is 1.30. The summed E-state index contributed by atoms with van der Waals surface area (Å²) in [5.41, 5.74) is 11.3. The van der Waals surface area contributed by atoms with Crippen molar-refractivity contribution < 1.29 is 4.42 Å². The molecule has 0 atom stereocenters. The average molecular weight is 621 g/mol. The molecule has 3 heteroatoms. The van der Waals surface area contributed by atoms with Crippen molar-refractivity contribution in [2.45, 2.75) is 39.5 Å². The standard InChI is InChI=1S/C45H36N2O/c1-27(2)36-23-35(29-12-6-5-7-13-29)24-37(28(3)4)44(36)47-41-17-11-10-16-40(41)46-45(47)32-18-19-42-38(22-32)39-25-33-20-30-14-8-9-15-31(30)21-34(33)26-43(39)48-42/h5-28H,1-4H3. The van der Waals surface area contributed by atoms with Crippen LogP contribution in [0.3, 0.4) is 0 Å². The summed E-state index contributed by atoms with van der Waals surface area (Å²) in [5, 5.41) is 7.09. The number of para-hydroxylation sites is 2. The van der Waals surface area contributed by atoms with Gasteiger partial charge in [-0.05, 0) is 122 Å². The van der Waals surface area contributed by atoms with Crippen LogP contribution in [-0.2, 0) is 0 Å². The van der Waals surface area contributed by atoms with Crippen molar-refractivity contribution in [3.63, 3.8) is 0 Å². The molecular formula is C45H36N2O. The van der Waals surface area contributed by atoms with Crippen LogP contribution < -0.4 is 0 Å². The van der Waals surface area contributed by atoms with Crippen LogP contribution in [0.2, 0.25) is 0 Å². The lowest BCUT2D eigenvalue weighted by molar-refractivity contribution is 0.669. The maximum absolute atomic E-state index is 6.47. The first-order valence-corrected chi connectivity index (χ1v) is 16.9. The van der Waals surface area contributed by atoms with Crippen LogP contribution in [0.1, 0.15) is 50.7 Å². The van der Waals surface area contributed by atoms with Crippen LogP contribution in [0.4, 0.5) is 0 Å². The highest BCUT2D eigenvalue weighted by Crippen LogP contribution is 2.41. The van der Waals surface area contributed by atoms with Gasteiger partial charge in [-0.2, -0.15) is 0 Å². The summed E-state index contributed by atoms with van der Waals surface area (Å²) < 4.78 is 8.88. The molecule has 0 aliphatic carbocycles. The molecule has 7 aromatic carbocycles. The predicted molar refractivity (Wildman–Crippen MR) is 202 cm³/mol. The molecule has 0 unspecified atom stereocenters. The maximum Gasteiger partial charge on any atom is 0.145 e. The lowest BCUT2D eigenvalue weighted by atomic mass is 9.88. The third kappa shape index (κ3) is 4.53. The van der Waals surface area contributed by atoms with E-state index in [1.54, 1.807) is 0 Å². The van der Waals surface area contributed by atoms with Crippen molar-refractivity contribution in [3.8, 4) is 28.2 Å². The minimum absolute atomic E-state index is 0.305. The fourth-order valence-corrected chi connectivity index (χ4v) is 7.41. The molecule has 48 heavy (non-hydrogen) atoms. The van der Waals surface area contributed by atoms with Gasteiger partial charge in [0, 0.05) is 16.3 Å². The first-order chi connectivity index (χ1) is 23.4. The molecule has 0 N–H and O–H groups in total. The highest BCUT2D eigenvalue weighted by atomic mass is 16.3. The Morgan fingerprint density at radius 1 is 0.500 bits per heavy atom. The largest absolute Gasteiger partial charge is 0.456 e. The van der Waals surface area contributed by atoms with Crippen LogP contribution >= 0.6 is 0 Å². The average Bonchev–Trinajstić information content (AvgIpc) is 3.67. The van der Waals surface area contributed by atoms with Gasteiger partial charge < -0.3 is 4.42 Å². The van der Waals surface area contributed by atoms with Gasteiger partial charge in [-0.25, -0.2) is 4.98 Å². The van der Waals surface area contributed by atoms with Gasteiger partial charge >= 0.3 is 0 Å². The van der Waals surface area contributed by atoms with Gasteiger partial charge in [0.2, 0.25) is 0 Å². The Morgan fingerprint density at radius 2 is 1.12 bits per heavy atom. The Kier molecular flexibility index (Phi) is 6.52. The van der Waals surface area contributed by atoms with E-state index in [9.17, 15) is 0 Å². The summed E-state index contributed by atoms with van der Waals surface area (Å²) in [6.45, 7) is 9.20. The minimum Gasteiger partial charge on any atom is -0.456 e. The van der Waals surface area contributed by atoms with E-state index >= 15 is 0 Å². The van der Waals surface area contributed by atoms with Crippen molar-refractivity contribution in [2.75, 3.05) is 0 Å². The van der Waals surface area contributed by atoms with Crippen LogP contribution in [0.25, 0.3) is 82.7 Å². The van der Waals surface area contributed by atoms with E-state index in [4.69, 9.17) is 9.40 Å². The number of nitrogens with zero attached hydrogens (tertiary/aromatic N) is 2. The van der Waals surface area contributed by atoms with E-state index in [0.29, 0.717) is 11.8 Å². The topological polar surface area (TPSA) is 31.0 Å². The third-order valence-electron chi connectivity index (χ3n) is 9.86. The lowest BCUT2D eigenvalue weighted by Gasteiger charge is -2.24. The van der Waals surface area contributed by atoms with Gasteiger partial charge in [-0.15, -0.1) is 0 Å². The third-order valence-corrected chi connectivity index (χ3v) is 9.86. The molecule has 0 radical (unpaired) electrons. The van der Waals surface area contributed by atoms with E-state index in [1.807, 2.05) is 0 Å². The van der Waals surface area contributed by atoms with Crippen molar-refractivity contribution >= 4 is 54.5 Å². The van der Waals surface area contributed by atoms with E-state index in [-0.39, 0.29) is 0 Å². The molecule has 0 bridgehead atoms. The van der Waals surface area contributed by atoms with Gasteiger partial charge in [-0.3, -0.25) is 4.57 Å². The first-order valence-electron chi connectivity index (χ1n) is 16.9. The molecule has 9 aromatic rings. The van der Waals surface area contributed by atoms with Crippen molar-refractivity contribution in [1.29, 1.82) is 0 Å². The molecule has 3 nitrogen and oxygen atoms in total. The summed E-state index contributed by atoms with van der Waals surface area (Å²) >= 11 is 0. The van der Waals surface area contributed by atoms with E-state index in [1.165, 1.54) is 49.5 Å². The molecule has 0 fully saturated rings. The van der Waals surface area contributed by atoms with Gasteiger partial charge in [0.15, 0.2) is 0 Å². The van der Waals surface area contributed by atoms with Crippen LogP contribution in [-0.4, -0.2) is 9.55 Å². The van der Waals surface area contributed by atoms with Crippen LogP contribution in [0, 0.1) is 0 Å². The van der Waals surface area contributed by atoms with Gasteiger partial charge in [-0.1, -0.05) is 94.4 Å². The highest BCUT2D eigenvalue weighted by Gasteiger charge is 2.24. The zero-order valence-corrected chi connectivity index (χ0v) is 27.7. The molecule has 2 aromatic heterocycles. The Labute approximate surface area is 280 Å². The van der Waals surface area contributed by atoms with E-state index in [2.05, 4.69) is 166 Å². The molecule has 0 saturated heterocycles. The quantitative estimate of drug-likeness (QED) is 0.179. The maximum atomic E-state index is 6.47. The highest BCUT2D eigenvalue weighted by molar-refractivity contribution is 6.12. The number of fused-ring (bicyclic) bond motifs is 6. The Hall–Kier alpha value is -5.67. The summed E-state index contributed by atoms with van der Waals surface area (Å²) in [4.78, 5) is 5.33. The number of hydrogen-bond acceptors (Lipinski definition) is 2. The lowest BCUT2D eigenvalue weighted by Crippen LogP contribution is -2.09. The molecule has 9 rings (SSSR count). The second-order valence-electron chi connectivity index (χ2n) is 13.6. The molecular weight excluding hydrogens is 585 g/mol. The zero-order chi connectivity index (χ0) is 32.5. The molecule has 0 aliphatic rings. The first kappa shape index (κ1) is 28.5. The fraction of sp³-hybridized carbons (Fsp3) is 0.133. The zero-order valence-electron chi connectivity index (χ0n) is 27.7. The number of rotatable bonds is 5. The number of imidazole rings is 1. The number of furan rings is 1. The van der Waals surface area contributed by atoms with Crippen LogP contribution in [0.5, 0.6) is 0 Å². The molecule has 232 valence electrons. The normalized spacial score (nSPS) is 12.1. The Morgan fingerprint density at radius 3 is 1.83 bits per heavy atom. The summed E-state index contributed by atoms with van der Waals surface area (Å²) in [6.07, 6.45) is 0. The molecule has 0 spiro atoms. The second kappa shape index (κ2) is 11.0. The summed E-state index contributed by atoms with van der Waals surface area (Å²) in [6, 6.07) is 48.1. The van der Waals surface area contributed by atoms with Gasteiger partial charge in [0.25, 0.3) is 0 Å². The predicted octanol–water partition coefficient (Wildman–Crippen LogP) is 12.8. The minimum atomic E-state index is 0.305. The smallest absolute Gasteiger partial charge is 0.145 e. The van der Waals surface area contributed by atoms with Crippen molar-refractivity contribution in [2.24, 2.45) is 0 Å². The SMILES string of the molecule is CC(C)c1cc(-c2ccccc2)cc(C(C)C)c1-n1c(-c2ccc3oc4cc5cc6ccccc6cc5cc4c3c2)nc2ccccc21. The van der Waals surface area contributed by atoms with Gasteiger partial charge in [0.1, 0.15) is 17.0 Å². The number of aromatic nitrogens is 2. The molecule has 0 saturated carbocycles. The van der Waals surface area contributed by atoms with Gasteiger partial charge in [0.05, 0.1) is 16.7 Å². The van der Waals surface area contributed by atoms with Crippen molar-refractivity contribution in [3.05, 3.63) is 145 Å². The number of hydrogen-bond donors (Lipinski definition) is 0. The Bertz CT molecular complexity index is 2640. The van der Waals surface area contributed by atoms with Crippen molar-refractivity contribution in [1.82, 2.24) is 9.55 Å². The summed E-state index contributed by atoms with van der Waals surface area (Å²) in [5.74, 6) is 1.55. The van der Waals surface area contributed by atoms with E-state index < -0.39 is 0 Å². The van der Waals surface area contributed by atoms with Crippen LogP contribution in [0.15, 0.2) is 138 Å².